The van der Waals surface area contributed by atoms with Crippen LogP contribution in [0.2, 0.25) is 5.02 Å². The molecule has 3 aromatic rings. The van der Waals surface area contributed by atoms with E-state index in [1.165, 1.54) is 24.5 Å². The molecule has 1 aromatic heterocycles. The molecule has 0 aliphatic rings. The first-order chi connectivity index (χ1) is 13.4. The highest BCUT2D eigenvalue weighted by atomic mass is 35.5. The molecular formula is C20H19ClN2O4S. The molecule has 0 radical (unpaired) electrons. The van der Waals surface area contributed by atoms with E-state index in [1.54, 1.807) is 18.2 Å². The second kappa shape index (κ2) is 8.60. The minimum Gasteiger partial charge on any atom is -0.468 e. The summed E-state index contributed by atoms with van der Waals surface area (Å²) in [5.41, 5.74) is 1.91. The maximum Gasteiger partial charge on any atom is 0.255 e. The van der Waals surface area contributed by atoms with Crippen LogP contribution in [0.5, 0.6) is 0 Å². The lowest BCUT2D eigenvalue weighted by Gasteiger charge is -2.11. The molecule has 0 atom stereocenters. The monoisotopic (exact) mass is 418 g/mol. The summed E-state index contributed by atoms with van der Waals surface area (Å²) in [6, 6.07) is 14.9. The predicted octanol–water partition coefficient (Wildman–Crippen LogP) is 4.23. The Hall–Kier alpha value is -2.61. The standard InChI is InChI=1S/C20H19ClN2O4S/c1-2-14-5-3-6-16(11-14)23-20(24)15-8-9-18(21)19(12-15)28(25,26)22-13-17-7-4-10-27-17/h3-12,22H,2,13H2,1H3,(H,23,24). The number of hydrogen-bond donors (Lipinski definition) is 2. The van der Waals surface area contributed by atoms with E-state index in [0.717, 1.165) is 12.0 Å². The fraction of sp³-hybridized carbons (Fsp3) is 0.150. The highest BCUT2D eigenvalue weighted by Crippen LogP contribution is 2.24. The Morgan fingerprint density at radius 3 is 2.64 bits per heavy atom. The van der Waals surface area contributed by atoms with E-state index in [1.807, 2.05) is 25.1 Å². The van der Waals surface area contributed by atoms with Gasteiger partial charge in [-0.2, -0.15) is 0 Å². The molecule has 1 heterocycles. The molecule has 2 aromatic carbocycles. The second-order valence-corrected chi connectivity index (χ2v) is 8.20. The minimum absolute atomic E-state index is 0.0219. The van der Waals surface area contributed by atoms with Crippen LogP contribution in [0, 0.1) is 0 Å². The topological polar surface area (TPSA) is 88.4 Å². The molecule has 146 valence electrons. The van der Waals surface area contributed by atoms with Gasteiger partial charge in [-0.15, -0.1) is 0 Å². The fourth-order valence-electron chi connectivity index (χ4n) is 2.58. The highest BCUT2D eigenvalue weighted by molar-refractivity contribution is 7.89. The Morgan fingerprint density at radius 1 is 1.11 bits per heavy atom. The molecule has 1 amide bonds. The van der Waals surface area contributed by atoms with E-state index in [9.17, 15) is 13.2 Å². The van der Waals surface area contributed by atoms with Gasteiger partial charge in [-0.05, 0) is 54.4 Å². The average molecular weight is 419 g/mol. The number of amides is 1. The first-order valence-corrected chi connectivity index (χ1v) is 10.5. The summed E-state index contributed by atoms with van der Waals surface area (Å²) in [6.07, 6.45) is 2.30. The lowest BCUT2D eigenvalue weighted by atomic mass is 10.1. The Bertz CT molecular complexity index is 1080. The van der Waals surface area contributed by atoms with Gasteiger partial charge in [-0.1, -0.05) is 30.7 Å². The smallest absolute Gasteiger partial charge is 0.255 e. The summed E-state index contributed by atoms with van der Waals surface area (Å²) in [4.78, 5) is 12.4. The number of aryl methyl sites for hydroxylation is 1. The maximum absolute atomic E-state index is 12.6. The third kappa shape index (κ3) is 4.81. The molecule has 0 bridgehead atoms. The van der Waals surface area contributed by atoms with E-state index < -0.39 is 15.9 Å². The number of carbonyl (C=O) groups excluding carboxylic acids is 1. The van der Waals surface area contributed by atoms with Crippen molar-refractivity contribution in [1.82, 2.24) is 4.72 Å². The van der Waals surface area contributed by atoms with Crippen molar-refractivity contribution in [3.05, 3.63) is 82.8 Å². The van der Waals surface area contributed by atoms with E-state index in [0.29, 0.717) is 11.4 Å². The van der Waals surface area contributed by atoms with Gasteiger partial charge < -0.3 is 9.73 Å². The highest BCUT2D eigenvalue weighted by Gasteiger charge is 2.20. The number of carbonyl (C=O) groups is 1. The first kappa shape index (κ1) is 20.1. The first-order valence-electron chi connectivity index (χ1n) is 8.61. The number of anilines is 1. The lowest BCUT2D eigenvalue weighted by Crippen LogP contribution is -2.24. The molecule has 0 aliphatic carbocycles. The summed E-state index contributed by atoms with van der Waals surface area (Å²) in [5.74, 6) is 0.0387. The number of benzene rings is 2. The van der Waals surface area contributed by atoms with Crippen LogP contribution < -0.4 is 10.0 Å². The van der Waals surface area contributed by atoms with Crippen molar-refractivity contribution in [3.8, 4) is 0 Å². The van der Waals surface area contributed by atoms with E-state index in [4.69, 9.17) is 16.0 Å². The molecule has 0 saturated heterocycles. The quantitative estimate of drug-likeness (QED) is 0.601. The van der Waals surface area contributed by atoms with Crippen molar-refractivity contribution in [2.24, 2.45) is 0 Å². The van der Waals surface area contributed by atoms with Gasteiger partial charge in [-0.25, -0.2) is 13.1 Å². The Labute approximate surface area is 168 Å². The Balaban J connectivity index is 1.80. The van der Waals surface area contributed by atoms with Gasteiger partial charge in [0, 0.05) is 11.3 Å². The largest absolute Gasteiger partial charge is 0.468 e. The van der Waals surface area contributed by atoms with Gasteiger partial charge in [0.15, 0.2) is 0 Å². The molecule has 3 rings (SSSR count). The van der Waals surface area contributed by atoms with Crippen molar-refractivity contribution in [1.29, 1.82) is 0 Å². The number of hydrogen-bond acceptors (Lipinski definition) is 4. The van der Waals surface area contributed by atoms with Crippen molar-refractivity contribution in [3.63, 3.8) is 0 Å². The third-order valence-electron chi connectivity index (χ3n) is 4.09. The molecule has 0 spiro atoms. The Kier molecular flexibility index (Phi) is 6.18. The van der Waals surface area contributed by atoms with Crippen LogP contribution in [0.15, 0.2) is 70.2 Å². The van der Waals surface area contributed by atoms with Gasteiger partial charge in [0.2, 0.25) is 10.0 Å². The fourth-order valence-corrected chi connectivity index (χ4v) is 4.10. The summed E-state index contributed by atoms with van der Waals surface area (Å²) in [5, 5.41) is 2.80. The summed E-state index contributed by atoms with van der Waals surface area (Å²) < 4.78 is 32.7. The molecule has 0 fully saturated rings. The SMILES string of the molecule is CCc1cccc(NC(=O)c2ccc(Cl)c(S(=O)(=O)NCc3ccco3)c2)c1. The van der Waals surface area contributed by atoms with Crippen molar-refractivity contribution >= 4 is 33.2 Å². The number of sulfonamides is 1. The third-order valence-corrected chi connectivity index (χ3v) is 5.98. The summed E-state index contributed by atoms with van der Waals surface area (Å²) in [6.45, 7) is 2.00. The van der Waals surface area contributed by atoms with Gasteiger partial charge >= 0.3 is 0 Å². The lowest BCUT2D eigenvalue weighted by molar-refractivity contribution is 0.102. The number of furan rings is 1. The Morgan fingerprint density at radius 2 is 1.93 bits per heavy atom. The number of rotatable bonds is 7. The van der Waals surface area contributed by atoms with Crippen molar-refractivity contribution in [2.75, 3.05) is 5.32 Å². The van der Waals surface area contributed by atoms with Crippen LogP contribution in [-0.2, 0) is 23.0 Å². The van der Waals surface area contributed by atoms with Gasteiger partial charge in [-0.3, -0.25) is 4.79 Å². The van der Waals surface area contributed by atoms with E-state index >= 15 is 0 Å². The number of nitrogens with one attached hydrogen (secondary N) is 2. The van der Waals surface area contributed by atoms with Crippen LogP contribution in [0.4, 0.5) is 5.69 Å². The molecular weight excluding hydrogens is 400 g/mol. The minimum atomic E-state index is -3.93. The van der Waals surface area contributed by atoms with Crippen molar-refractivity contribution < 1.29 is 17.6 Å². The summed E-state index contributed by atoms with van der Waals surface area (Å²) in [7, 11) is -3.93. The predicted molar refractivity (Wildman–Crippen MR) is 108 cm³/mol. The van der Waals surface area contributed by atoms with E-state index in [2.05, 4.69) is 10.0 Å². The van der Waals surface area contributed by atoms with E-state index in [-0.39, 0.29) is 22.0 Å². The molecule has 8 heteroatoms. The molecule has 28 heavy (non-hydrogen) atoms. The van der Waals surface area contributed by atoms with Crippen LogP contribution >= 0.6 is 11.6 Å². The second-order valence-electron chi connectivity index (χ2n) is 6.06. The van der Waals surface area contributed by atoms with Gasteiger partial charge in [0.1, 0.15) is 10.7 Å². The summed E-state index contributed by atoms with van der Waals surface area (Å²) >= 11 is 6.07. The zero-order valence-electron chi connectivity index (χ0n) is 15.1. The zero-order valence-corrected chi connectivity index (χ0v) is 16.7. The normalized spacial score (nSPS) is 11.4. The number of halogens is 1. The van der Waals surface area contributed by atoms with Crippen LogP contribution in [0.25, 0.3) is 0 Å². The van der Waals surface area contributed by atoms with Gasteiger partial charge in [0.25, 0.3) is 5.91 Å². The van der Waals surface area contributed by atoms with Crippen LogP contribution in [0.3, 0.4) is 0 Å². The average Bonchev–Trinajstić information content (AvgIpc) is 3.20. The van der Waals surface area contributed by atoms with Crippen molar-refractivity contribution in [2.45, 2.75) is 24.8 Å². The molecule has 2 N–H and O–H groups in total. The molecule has 0 saturated carbocycles. The molecule has 0 unspecified atom stereocenters. The van der Waals surface area contributed by atoms with Gasteiger partial charge in [0.05, 0.1) is 17.8 Å². The van der Waals surface area contributed by atoms with Crippen LogP contribution in [0.1, 0.15) is 28.6 Å². The maximum atomic E-state index is 12.6. The molecule has 6 nitrogen and oxygen atoms in total. The molecule has 0 aliphatic heterocycles. The zero-order chi connectivity index (χ0) is 20.1. The van der Waals surface area contributed by atoms with Crippen LogP contribution in [-0.4, -0.2) is 14.3 Å².